The minimum absolute atomic E-state index is 0.0158. The highest BCUT2D eigenvalue weighted by Gasteiger charge is 2.33. The van der Waals surface area contributed by atoms with Gasteiger partial charge in [0.05, 0.1) is 22.0 Å². The van der Waals surface area contributed by atoms with Crippen molar-refractivity contribution in [2.45, 2.75) is 42.9 Å². The molecule has 1 aromatic heterocycles. The highest BCUT2D eigenvalue weighted by molar-refractivity contribution is 7.92. The quantitative estimate of drug-likeness (QED) is 0.578. The summed E-state index contributed by atoms with van der Waals surface area (Å²) < 4.78 is 39.5. The molecule has 1 heterocycles. The predicted molar refractivity (Wildman–Crippen MR) is 109 cm³/mol. The van der Waals surface area contributed by atoms with Gasteiger partial charge in [-0.2, -0.15) is 5.26 Å². The molecule has 0 amide bonds. The van der Waals surface area contributed by atoms with Crippen LogP contribution in [-0.4, -0.2) is 24.4 Å². The lowest BCUT2D eigenvalue weighted by Gasteiger charge is -2.19. The highest BCUT2D eigenvalue weighted by Crippen LogP contribution is 2.32. The summed E-state index contributed by atoms with van der Waals surface area (Å²) in [6.45, 7) is 4.00. The number of nitriles is 1. The topological polar surface area (TPSA) is 95.7 Å². The Morgan fingerprint density at radius 3 is 2.31 bits per heavy atom. The van der Waals surface area contributed by atoms with Gasteiger partial charge in [0.2, 0.25) is 9.84 Å². The number of anilines is 1. The van der Waals surface area contributed by atoms with E-state index in [0.29, 0.717) is 11.0 Å². The van der Waals surface area contributed by atoms with Crippen molar-refractivity contribution in [1.82, 2.24) is 9.97 Å². The Morgan fingerprint density at radius 1 is 1.10 bits per heavy atom. The number of hydrogen-bond donors (Lipinski definition) is 1. The molecule has 29 heavy (non-hydrogen) atoms. The number of para-hydroxylation sites is 2. The lowest BCUT2D eigenvalue weighted by atomic mass is 10.2. The smallest absolute Gasteiger partial charge is 0.200 e. The molecule has 0 saturated carbocycles. The Kier molecular flexibility index (Phi) is 6.09. The van der Waals surface area contributed by atoms with Crippen molar-refractivity contribution in [3.05, 3.63) is 60.0 Å². The Bertz CT molecular complexity index is 1160. The average Bonchev–Trinajstić information content (AvgIpc) is 2.69. The number of sulfone groups is 1. The summed E-state index contributed by atoms with van der Waals surface area (Å²) in [5, 5.41) is 11.4. The standard InChI is InChI=1S/C21H21FN4O2S/c1-3-6-14(2)24-21-20(25-17-7-4-5-8-18(17)26-21)19(13-23)29(27,28)16-11-9-15(22)10-12-16/h4-5,7-12,14,19H,3,6H2,1-2H3,(H,24,26)/t14-,19-/m0/s1. The molecule has 0 saturated heterocycles. The first-order chi connectivity index (χ1) is 13.9. The molecule has 6 nitrogen and oxygen atoms in total. The van der Waals surface area contributed by atoms with Crippen LogP contribution in [0.3, 0.4) is 0 Å². The molecule has 3 rings (SSSR count). The van der Waals surface area contributed by atoms with Crippen molar-refractivity contribution >= 4 is 26.7 Å². The monoisotopic (exact) mass is 412 g/mol. The van der Waals surface area contributed by atoms with Gasteiger partial charge in [0, 0.05) is 6.04 Å². The van der Waals surface area contributed by atoms with Crippen LogP contribution >= 0.6 is 0 Å². The van der Waals surface area contributed by atoms with Crippen LogP contribution in [0.2, 0.25) is 0 Å². The molecule has 150 valence electrons. The minimum atomic E-state index is -4.13. The van der Waals surface area contributed by atoms with Crippen LogP contribution in [-0.2, 0) is 9.84 Å². The Hall–Kier alpha value is -3.05. The minimum Gasteiger partial charge on any atom is -0.366 e. The summed E-state index contributed by atoms with van der Waals surface area (Å²) in [5.74, 6) is -0.291. The maximum absolute atomic E-state index is 13.2. The van der Waals surface area contributed by atoms with Crippen molar-refractivity contribution in [1.29, 1.82) is 5.26 Å². The molecule has 0 unspecified atom stereocenters. The van der Waals surface area contributed by atoms with Gasteiger partial charge >= 0.3 is 0 Å². The summed E-state index contributed by atoms with van der Waals surface area (Å²) >= 11 is 0. The maximum Gasteiger partial charge on any atom is 0.200 e. The third-order valence-corrected chi connectivity index (χ3v) is 6.40. The Labute approximate surface area is 169 Å². The highest BCUT2D eigenvalue weighted by atomic mass is 32.2. The molecule has 2 atom stereocenters. The molecule has 0 aliphatic carbocycles. The molecule has 2 aromatic carbocycles. The van der Waals surface area contributed by atoms with Gasteiger partial charge in [0.1, 0.15) is 11.5 Å². The van der Waals surface area contributed by atoms with Gasteiger partial charge < -0.3 is 5.32 Å². The first kappa shape index (κ1) is 20.7. The largest absolute Gasteiger partial charge is 0.366 e. The molecular formula is C21H21FN4O2S. The lowest BCUT2D eigenvalue weighted by Crippen LogP contribution is -2.21. The van der Waals surface area contributed by atoms with Crippen molar-refractivity contribution in [3.63, 3.8) is 0 Å². The third-order valence-electron chi connectivity index (χ3n) is 4.52. The number of fused-ring (bicyclic) bond motifs is 1. The maximum atomic E-state index is 13.2. The first-order valence-electron chi connectivity index (χ1n) is 9.29. The van der Waals surface area contributed by atoms with E-state index >= 15 is 0 Å². The number of nitrogens with one attached hydrogen (secondary N) is 1. The molecular weight excluding hydrogens is 391 g/mol. The van der Waals surface area contributed by atoms with Crippen molar-refractivity contribution < 1.29 is 12.8 Å². The Morgan fingerprint density at radius 2 is 1.72 bits per heavy atom. The van der Waals surface area contributed by atoms with E-state index in [1.54, 1.807) is 18.2 Å². The summed E-state index contributed by atoms with van der Waals surface area (Å²) in [4.78, 5) is 8.86. The van der Waals surface area contributed by atoms with Crippen LogP contribution in [0.15, 0.2) is 53.4 Å². The zero-order chi connectivity index (χ0) is 21.0. The van der Waals surface area contributed by atoms with E-state index in [9.17, 15) is 18.1 Å². The lowest BCUT2D eigenvalue weighted by molar-refractivity contribution is 0.589. The molecule has 1 N–H and O–H groups in total. The summed E-state index contributed by atoms with van der Waals surface area (Å²) in [5.41, 5.74) is 1.13. The second-order valence-corrected chi connectivity index (χ2v) is 8.82. The van der Waals surface area contributed by atoms with Gasteiger partial charge in [-0.3, -0.25) is 0 Å². The zero-order valence-electron chi connectivity index (χ0n) is 16.1. The summed E-state index contributed by atoms with van der Waals surface area (Å²) in [7, 11) is -4.13. The summed E-state index contributed by atoms with van der Waals surface area (Å²) in [6, 6.07) is 13.3. The van der Waals surface area contributed by atoms with Crippen LogP contribution in [0.5, 0.6) is 0 Å². The zero-order valence-corrected chi connectivity index (χ0v) is 16.9. The number of halogens is 1. The average molecular weight is 412 g/mol. The van der Waals surface area contributed by atoms with Crippen LogP contribution < -0.4 is 5.32 Å². The van der Waals surface area contributed by atoms with Gasteiger partial charge in [0.25, 0.3) is 0 Å². The SMILES string of the molecule is CCC[C@H](C)Nc1nc2ccccc2nc1[C@H](C#N)S(=O)(=O)c1ccc(F)cc1. The fourth-order valence-electron chi connectivity index (χ4n) is 3.08. The fourth-order valence-corrected chi connectivity index (χ4v) is 4.46. The number of hydrogen-bond acceptors (Lipinski definition) is 6. The molecule has 0 fully saturated rings. The van der Waals surface area contributed by atoms with E-state index in [1.165, 1.54) is 0 Å². The normalized spacial score (nSPS) is 13.6. The molecule has 3 aromatic rings. The van der Waals surface area contributed by atoms with Gasteiger partial charge in [-0.25, -0.2) is 22.8 Å². The third kappa shape index (κ3) is 4.35. The van der Waals surface area contributed by atoms with Crippen molar-refractivity contribution in [2.24, 2.45) is 0 Å². The van der Waals surface area contributed by atoms with E-state index in [-0.39, 0.29) is 22.4 Å². The molecule has 0 aliphatic heterocycles. The predicted octanol–water partition coefficient (Wildman–Crippen LogP) is 4.41. The molecule has 8 heteroatoms. The van der Waals surface area contributed by atoms with Crippen LogP contribution in [0.1, 0.15) is 37.6 Å². The van der Waals surface area contributed by atoms with E-state index in [1.807, 2.05) is 26.0 Å². The molecule has 0 aliphatic rings. The summed E-state index contributed by atoms with van der Waals surface area (Å²) in [6.07, 6.45) is 1.77. The second kappa shape index (κ2) is 8.53. The van der Waals surface area contributed by atoms with Gasteiger partial charge in [0.15, 0.2) is 11.1 Å². The molecule has 0 spiro atoms. The number of aromatic nitrogens is 2. The Balaban J connectivity index is 2.16. The van der Waals surface area contributed by atoms with Gasteiger partial charge in [-0.05, 0) is 49.7 Å². The van der Waals surface area contributed by atoms with Crippen LogP contribution in [0, 0.1) is 17.1 Å². The fraction of sp³-hybridized carbons (Fsp3) is 0.286. The van der Waals surface area contributed by atoms with Crippen LogP contribution in [0.4, 0.5) is 10.2 Å². The molecule has 0 radical (unpaired) electrons. The first-order valence-corrected chi connectivity index (χ1v) is 10.8. The van der Waals surface area contributed by atoms with E-state index in [0.717, 1.165) is 37.1 Å². The van der Waals surface area contributed by atoms with E-state index < -0.39 is 20.9 Å². The number of benzene rings is 2. The number of nitrogens with zero attached hydrogens (tertiary/aromatic N) is 3. The van der Waals surface area contributed by atoms with Gasteiger partial charge in [-0.1, -0.05) is 25.5 Å². The number of rotatable bonds is 7. The second-order valence-electron chi connectivity index (χ2n) is 6.79. The van der Waals surface area contributed by atoms with Crippen molar-refractivity contribution in [3.8, 4) is 6.07 Å². The van der Waals surface area contributed by atoms with Gasteiger partial charge in [-0.15, -0.1) is 0 Å². The van der Waals surface area contributed by atoms with E-state index in [2.05, 4.69) is 15.3 Å². The van der Waals surface area contributed by atoms with Crippen LogP contribution in [0.25, 0.3) is 11.0 Å². The molecule has 0 bridgehead atoms. The van der Waals surface area contributed by atoms with Crippen molar-refractivity contribution in [2.75, 3.05) is 5.32 Å². The van der Waals surface area contributed by atoms with E-state index in [4.69, 9.17) is 0 Å².